The van der Waals surface area contributed by atoms with Crippen LogP contribution in [0.15, 0.2) is 24.3 Å². The van der Waals surface area contributed by atoms with Gasteiger partial charge in [-0.3, -0.25) is 0 Å². The first-order chi connectivity index (χ1) is 9.17. The van der Waals surface area contributed by atoms with Crippen molar-refractivity contribution >= 4 is 17.5 Å². The second-order valence-electron chi connectivity index (χ2n) is 3.63. The van der Waals surface area contributed by atoms with Gasteiger partial charge < -0.3 is 10.1 Å². The van der Waals surface area contributed by atoms with Crippen LogP contribution in [0.4, 0.5) is 10.3 Å². The van der Waals surface area contributed by atoms with Crippen molar-refractivity contribution < 1.29 is 9.13 Å². The summed E-state index contributed by atoms with van der Waals surface area (Å²) in [5, 5.41) is 2.98. The van der Waals surface area contributed by atoms with Gasteiger partial charge in [0, 0.05) is 6.54 Å². The first-order valence-electron chi connectivity index (χ1n) is 5.70. The molecular formula is C12H12ClFN4O. The molecule has 1 N–H and O–H groups in total. The quantitative estimate of drug-likeness (QED) is 0.913. The van der Waals surface area contributed by atoms with Gasteiger partial charge in [0.2, 0.25) is 11.2 Å². The summed E-state index contributed by atoms with van der Waals surface area (Å²) in [5.41, 5.74) is 0.773. The Bertz CT molecular complexity index is 567. The van der Waals surface area contributed by atoms with Gasteiger partial charge in [0.15, 0.2) is 0 Å². The molecule has 0 bridgehead atoms. The lowest BCUT2D eigenvalue weighted by atomic mass is 10.2. The Morgan fingerprint density at radius 1 is 1.32 bits per heavy atom. The van der Waals surface area contributed by atoms with E-state index in [4.69, 9.17) is 16.3 Å². The maximum Gasteiger partial charge on any atom is 0.322 e. The molecule has 100 valence electrons. The number of ether oxygens (including phenoxy) is 1. The Hall–Kier alpha value is -1.95. The van der Waals surface area contributed by atoms with Gasteiger partial charge in [0.05, 0.1) is 6.61 Å². The molecule has 0 atom stereocenters. The SMILES string of the molecule is CCOc1nc(Cl)nc(NCc2cccc(F)c2)n1. The van der Waals surface area contributed by atoms with Gasteiger partial charge >= 0.3 is 6.01 Å². The van der Waals surface area contributed by atoms with Crippen LogP contribution in [0, 0.1) is 5.82 Å². The van der Waals surface area contributed by atoms with Crippen LogP contribution in [0.3, 0.4) is 0 Å². The van der Waals surface area contributed by atoms with E-state index in [2.05, 4.69) is 20.3 Å². The molecule has 0 spiro atoms. The highest BCUT2D eigenvalue weighted by atomic mass is 35.5. The molecule has 0 amide bonds. The first kappa shape index (κ1) is 13.5. The molecule has 19 heavy (non-hydrogen) atoms. The Morgan fingerprint density at radius 2 is 2.16 bits per heavy atom. The van der Waals surface area contributed by atoms with Crippen LogP contribution in [-0.4, -0.2) is 21.6 Å². The predicted octanol–water partition coefficient (Wildman–Crippen LogP) is 2.67. The molecule has 7 heteroatoms. The van der Waals surface area contributed by atoms with Gasteiger partial charge in [-0.05, 0) is 36.2 Å². The van der Waals surface area contributed by atoms with E-state index in [1.54, 1.807) is 12.1 Å². The number of nitrogens with one attached hydrogen (secondary N) is 1. The highest BCUT2D eigenvalue weighted by molar-refractivity contribution is 6.28. The van der Waals surface area contributed by atoms with Gasteiger partial charge in [-0.2, -0.15) is 15.0 Å². The minimum Gasteiger partial charge on any atom is -0.464 e. The average Bonchev–Trinajstić information content (AvgIpc) is 2.36. The second kappa shape index (κ2) is 6.29. The fourth-order valence-corrected chi connectivity index (χ4v) is 1.59. The number of benzene rings is 1. The number of halogens is 2. The number of hydrogen-bond acceptors (Lipinski definition) is 5. The second-order valence-corrected chi connectivity index (χ2v) is 3.97. The van der Waals surface area contributed by atoms with E-state index in [1.165, 1.54) is 12.1 Å². The fourth-order valence-electron chi connectivity index (χ4n) is 1.43. The Morgan fingerprint density at radius 3 is 2.89 bits per heavy atom. The topological polar surface area (TPSA) is 59.9 Å². The van der Waals surface area contributed by atoms with Crippen LogP contribution in [0.2, 0.25) is 5.28 Å². The minimum atomic E-state index is -0.289. The molecule has 0 aliphatic carbocycles. The third-order valence-corrected chi connectivity index (χ3v) is 2.37. The van der Waals surface area contributed by atoms with Crippen molar-refractivity contribution in [2.45, 2.75) is 13.5 Å². The van der Waals surface area contributed by atoms with E-state index >= 15 is 0 Å². The van der Waals surface area contributed by atoms with Crippen LogP contribution in [0.5, 0.6) is 6.01 Å². The third-order valence-electron chi connectivity index (χ3n) is 2.20. The lowest BCUT2D eigenvalue weighted by Crippen LogP contribution is -2.07. The van der Waals surface area contributed by atoms with E-state index in [1.807, 2.05) is 6.92 Å². The van der Waals surface area contributed by atoms with Crippen LogP contribution in [0.1, 0.15) is 12.5 Å². The molecule has 2 rings (SSSR count). The zero-order chi connectivity index (χ0) is 13.7. The number of aromatic nitrogens is 3. The molecule has 1 aromatic carbocycles. The first-order valence-corrected chi connectivity index (χ1v) is 6.08. The Kier molecular flexibility index (Phi) is 4.46. The average molecular weight is 283 g/mol. The van der Waals surface area contributed by atoms with E-state index < -0.39 is 0 Å². The summed E-state index contributed by atoms with van der Waals surface area (Å²) < 4.78 is 18.2. The zero-order valence-electron chi connectivity index (χ0n) is 10.2. The van der Waals surface area contributed by atoms with Crippen LogP contribution in [-0.2, 0) is 6.54 Å². The summed E-state index contributed by atoms with van der Waals surface area (Å²) in [4.78, 5) is 11.8. The minimum absolute atomic E-state index is 0.0418. The van der Waals surface area contributed by atoms with Crippen LogP contribution >= 0.6 is 11.6 Å². The Labute approximate surface area is 114 Å². The van der Waals surface area contributed by atoms with Gasteiger partial charge in [-0.15, -0.1) is 0 Å². The molecule has 1 aromatic heterocycles. The monoisotopic (exact) mass is 282 g/mol. The standard InChI is InChI=1S/C12H12ClFN4O/c1-2-19-12-17-10(13)16-11(18-12)15-7-8-4-3-5-9(14)6-8/h3-6H,2,7H2,1H3,(H,15,16,17,18). The molecule has 0 fully saturated rings. The molecule has 0 saturated heterocycles. The van der Waals surface area contributed by atoms with Gasteiger partial charge in [-0.1, -0.05) is 12.1 Å². The maximum absolute atomic E-state index is 13.0. The molecule has 0 aliphatic rings. The molecule has 0 radical (unpaired) electrons. The van der Waals surface area contributed by atoms with Crippen molar-refractivity contribution in [3.05, 3.63) is 40.9 Å². The third kappa shape index (κ3) is 4.03. The molecule has 2 aromatic rings. The number of rotatable bonds is 5. The van der Waals surface area contributed by atoms with E-state index in [-0.39, 0.29) is 23.1 Å². The highest BCUT2D eigenvalue weighted by Gasteiger charge is 2.05. The van der Waals surface area contributed by atoms with Gasteiger partial charge in [0.25, 0.3) is 0 Å². The summed E-state index contributed by atoms with van der Waals surface area (Å²) in [6.07, 6.45) is 0. The van der Waals surface area contributed by atoms with Crippen molar-refractivity contribution in [3.63, 3.8) is 0 Å². The maximum atomic E-state index is 13.0. The number of hydrogen-bond donors (Lipinski definition) is 1. The van der Waals surface area contributed by atoms with Crippen molar-refractivity contribution in [1.82, 2.24) is 15.0 Å². The Balaban J connectivity index is 2.06. The molecule has 5 nitrogen and oxygen atoms in total. The van der Waals surface area contributed by atoms with E-state index in [0.717, 1.165) is 5.56 Å². The molecule has 1 heterocycles. The molecule has 0 saturated carbocycles. The normalized spacial score (nSPS) is 10.3. The lowest BCUT2D eigenvalue weighted by Gasteiger charge is -2.07. The summed E-state index contributed by atoms with van der Waals surface area (Å²) in [5.74, 6) is -0.00399. The van der Waals surface area contributed by atoms with E-state index in [9.17, 15) is 4.39 Å². The molecule has 0 aliphatic heterocycles. The van der Waals surface area contributed by atoms with Crippen LogP contribution < -0.4 is 10.1 Å². The fraction of sp³-hybridized carbons (Fsp3) is 0.250. The summed E-state index contributed by atoms with van der Waals surface area (Å²) in [6.45, 7) is 2.63. The van der Waals surface area contributed by atoms with Crippen molar-refractivity contribution in [3.8, 4) is 6.01 Å². The zero-order valence-corrected chi connectivity index (χ0v) is 11.0. The van der Waals surface area contributed by atoms with E-state index in [0.29, 0.717) is 13.2 Å². The smallest absolute Gasteiger partial charge is 0.322 e. The summed E-state index contributed by atoms with van der Waals surface area (Å²) in [7, 11) is 0. The van der Waals surface area contributed by atoms with Crippen molar-refractivity contribution in [2.75, 3.05) is 11.9 Å². The predicted molar refractivity (Wildman–Crippen MR) is 69.7 cm³/mol. The van der Waals surface area contributed by atoms with Gasteiger partial charge in [0.1, 0.15) is 5.82 Å². The highest BCUT2D eigenvalue weighted by Crippen LogP contribution is 2.12. The van der Waals surface area contributed by atoms with Crippen molar-refractivity contribution in [2.24, 2.45) is 0 Å². The number of anilines is 1. The largest absolute Gasteiger partial charge is 0.464 e. The van der Waals surface area contributed by atoms with Crippen molar-refractivity contribution in [1.29, 1.82) is 0 Å². The van der Waals surface area contributed by atoms with Gasteiger partial charge in [-0.25, -0.2) is 4.39 Å². The molecular weight excluding hydrogens is 271 g/mol. The summed E-state index contributed by atoms with van der Waals surface area (Å²) >= 11 is 5.75. The number of nitrogens with zero attached hydrogens (tertiary/aromatic N) is 3. The lowest BCUT2D eigenvalue weighted by molar-refractivity contribution is 0.312. The van der Waals surface area contributed by atoms with Crippen LogP contribution in [0.25, 0.3) is 0 Å². The summed E-state index contributed by atoms with van der Waals surface area (Å²) in [6, 6.07) is 6.40. The molecule has 0 unspecified atom stereocenters.